The van der Waals surface area contributed by atoms with Crippen LogP contribution in [0.1, 0.15) is 31.5 Å². The van der Waals surface area contributed by atoms with E-state index in [1.807, 2.05) is 24.4 Å². The monoisotopic (exact) mass is 410 g/mol. The summed E-state index contributed by atoms with van der Waals surface area (Å²) in [6, 6.07) is 10.7. The predicted molar refractivity (Wildman–Crippen MR) is 111 cm³/mol. The number of rotatable bonds is 3. The normalized spacial score (nSPS) is 19.7. The summed E-state index contributed by atoms with van der Waals surface area (Å²) in [6.45, 7) is 3.21. The Labute approximate surface area is 172 Å². The highest BCUT2D eigenvalue weighted by molar-refractivity contribution is 6.31. The molecule has 0 spiro atoms. The molecule has 1 aromatic carbocycles. The molecular formula is C22H20ClFN4O. The van der Waals surface area contributed by atoms with Gasteiger partial charge in [-0.2, -0.15) is 0 Å². The largest absolute Gasteiger partial charge is 0.454 e. The van der Waals surface area contributed by atoms with E-state index in [1.165, 1.54) is 6.07 Å². The third kappa shape index (κ3) is 3.54. The van der Waals surface area contributed by atoms with E-state index in [2.05, 4.69) is 27.2 Å². The van der Waals surface area contributed by atoms with Gasteiger partial charge in [-0.15, -0.1) is 0 Å². The standard InChI is InChI=1S/C22H20ClFN4O/c1-12-8-14(6-7-25-12)22-26-11-19-17(28-22)10-18(27-19)21-5-4-20(29-21)13-2-3-16(24)15(23)9-13/h2-5,9-12,14,25H,6-8H2,1H3,(H,26,28). The molecule has 1 saturated heterocycles. The molecule has 1 aromatic heterocycles. The van der Waals surface area contributed by atoms with Gasteiger partial charge >= 0.3 is 0 Å². The molecule has 0 aliphatic carbocycles. The third-order valence-corrected chi connectivity index (χ3v) is 5.75. The first-order chi connectivity index (χ1) is 14.1. The van der Waals surface area contributed by atoms with Gasteiger partial charge in [0.25, 0.3) is 0 Å². The van der Waals surface area contributed by atoms with Gasteiger partial charge in [0.05, 0.1) is 16.9 Å². The van der Waals surface area contributed by atoms with Gasteiger partial charge in [0.2, 0.25) is 0 Å². The maximum absolute atomic E-state index is 13.4. The molecule has 2 atom stereocenters. The first-order valence-corrected chi connectivity index (χ1v) is 10.1. The number of hydrogen-bond donors (Lipinski definition) is 2. The molecule has 0 bridgehead atoms. The summed E-state index contributed by atoms with van der Waals surface area (Å²) in [5.74, 6) is 2.23. The first kappa shape index (κ1) is 18.3. The van der Waals surface area contributed by atoms with Crippen LogP contribution in [0.3, 0.4) is 0 Å². The van der Waals surface area contributed by atoms with E-state index in [4.69, 9.17) is 16.0 Å². The lowest BCUT2D eigenvalue weighted by Gasteiger charge is -2.27. The molecule has 3 aliphatic rings. The molecule has 5 nitrogen and oxygen atoms in total. The lowest BCUT2D eigenvalue weighted by Crippen LogP contribution is -2.35. The second kappa shape index (κ2) is 7.28. The number of fused-ring (bicyclic) bond motifs is 1. The lowest BCUT2D eigenvalue weighted by atomic mass is 9.92. The Balaban J connectivity index is 1.44. The number of aromatic amines is 1. The Morgan fingerprint density at radius 3 is 2.83 bits per heavy atom. The van der Waals surface area contributed by atoms with Crippen LogP contribution >= 0.6 is 11.6 Å². The number of piperidine rings is 1. The van der Waals surface area contributed by atoms with Crippen molar-refractivity contribution in [3.63, 3.8) is 0 Å². The van der Waals surface area contributed by atoms with Crippen LogP contribution in [0, 0.1) is 5.82 Å². The minimum absolute atomic E-state index is 0.0676. The summed E-state index contributed by atoms with van der Waals surface area (Å²) in [4.78, 5) is 12.7. The van der Waals surface area contributed by atoms with Gasteiger partial charge in [0.1, 0.15) is 28.8 Å². The summed E-state index contributed by atoms with van der Waals surface area (Å²) in [7, 11) is 0. The Hall–Kier alpha value is -2.70. The summed E-state index contributed by atoms with van der Waals surface area (Å²) in [6.07, 6.45) is 3.96. The van der Waals surface area contributed by atoms with E-state index in [0.29, 0.717) is 29.0 Å². The molecule has 5 rings (SSSR count). The van der Waals surface area contributed by atoms with Crippen molar-refractivity contribution in [2.75, 3.05) is 6.54 Å². The van der Waals surface area contributed by atoms with Crippen molar-refractivity contribution in [2.24, 2.45) is 0 Å². The van der Waals surface area contributed by atoms with Crippen molar-refractivity contribution < 1.29 is 8.81 Å². The fourth-order valence-electron chi connectivity index (χ4n) is 3.93. The smallest absolute Gasteiger partial charge is 0.153 e. The molecule has 29 heavy (non-hydrogen) atoms. The summed E-state index contributed by atoms with van der Waals surface area (Å²) >= 11 is 5.88. The molecule has 7 heteroatoms. The van der Waals surface area contributed by atoms with Crippen LogP contribution in [-0.2, 0) is 0 Å². The number of nitrogens with one attached hydrogen (secondary N) is 2. The zero-order chi connectivity index (χ0) is 20.0. The minimum atomic E-state index is -0.451. The maximum Gasteiger partial charge on any atom is 0.153 e. The van der Waals surface area contributed by atoms with E-state index in [0.717, 1.165) is 42.3 Å². The molecule has 0 saturated carbocycles. The number of benzene rings is 1. The highest BCUT2D eigenvalue weighted by Gasteiger charge is 2.23. The number of aromatic nitrogens is 3. The molecule has 0 amide bonds. The van der Waals surface area contributed by atoms with Crippen LogP contribution < -0.4 is 5.32 Å². The van der Waals surface area contributed by atoms with E-state index in [-0.39, 0.29) is 5.02 Å². The average Bonchev–Trinajstić information content (AvgIpc) is 3.36. The highest BCUT2D eigenvalue weighted by atomic mass is 35.5. The summed E-state index contributed by atoms with van der Waals surface area (Å²) in [5.41, 5.74) is 3.19. The second-order valence-corrected chi connectivity index (χ2v) is 7.99. The van der Waals surface area contributed by atoms with Crippen LogP contribution in [0.5, 0.6) is 0 Å². The number of H-pyrrole nitrogens is 1. The van der Waals surface area contributed by atoms with Gasteiger partial charge in [-0.05, 0) is 62.7 Å². The van der Waals surface area contributed by atoms with Gasteiger partial charge in [-0.1, -0.05) is 11.6 Å². The number of furan rings is 1. The van der Waals surface area contributed by atoms with Crippen LogP contribution in [-0.4, -0.2) is 27.5 Å². The predicted octanol–water partition coefficient (Wildman–Crippen LogP) is 5.48. The van der Waals surface area contributed by atoms with E-state index < -0.39 is 5.82 Å². The van der Waals surface area contributed by atoms with E-state index in [1.54, 1.807) is 12.1 Å². The quantitative estimate of drug-likeness (QED) is 0.469. The summed E-state index contributed by atoms with van der Waals surface area (Å²) in [5, 5.41) is 3.54. The Morgan fingerprint density at radius 2 is 2.00 bits per heavy atom. The zero-order valence-electron chi connectivity index (χ0n) is 15.9. The van der Waals surface area contributed by atoms with Crippen LogP contribution in [0.2, 0.25) is 5.02 Å². The molecule has 2 aromatic rings. The van der Waals surface area contributed by atoms with Gasteiger partial charge in [-0.3, -0.25) is 0 Å². The number of hydrogen-bond acceptors (Lipinski definition) is 4. The minimum Gasteiger partial charge on any atom is -0.454 e. The van der Waals surface area contributed by atoms with Crippen molar-refractivity contribution in [1.29, 1.82) is 0 Å². The van der Waals surface area contributed by atoms with Crippen molar-refractivity contribution in [2.45, 2.75) is 31.7 Å². The maximum atomic E-state index is 13.4. The summed E-state index contributed by atoms with van der Waals surface area (Å²) < 4.78 is 19.4. The Kier molecular flexibility index (Phi) is 4.60. The molecule has 2 unspecified atom stereocenters. The average molecular weight is 411 g/mol. The molecule has 2 N–H and O–H groups in total. The zero-order valence-corrected chi connectivity index (χ0v) is 16.6. The van der Waals surface area contributed by atoms with Crippen LogP contribution in [0.15, 0.2) is 47.0 Å². The molecule has 1 fully saturated rings. The van der Waals surface area contributed by atoms with Crippen molar-refractivity contribution in [3.8, 4) is 34.2 Å². The van der Waals surface area contributed by atoms with Gasteiger partial charge in [0.15, 0.2) is 5.76 Å². The highest BCUT2D eigenvalue weighted by Crippen LogP contribution is 2.34. The van der Waals surface area contributed by atoms with E-state index >= 15 is 0 Å². The van der Waals surface area contributed by atoms with Crippen molar-refractivity contribution in [3.05, 3.63) is 59.3 Å². The fourth-order valence-corrected chi connectivity index (χ4v) is 4.11. The van der Waals surface area contributed by atoms with Gasteiger partial charge < -0.3 is 14.7 Å². The Morgan fingerprint density at radius 1 is 1.14 bits per heavy atom. The SMILES string of the molecule is CC1CC(c2ncc3nc(-c4ccc(-c5ccc(F)c(Cl)c5)o4)cc-3[nH]2)CCN1. The Bertz CT molecular complexity index is 1140. The van der Waals surface area contributed by atoms with Crippen LogP contribution in [0.4, 0.5) is 4.39 Å². The molecular weight excluding hydrogens is 391 g/mol. The van der Waals surface area contributed by atoms with Crippen molar-refractivity contribution >= 4 is 11.6 Å². The second-order valence-electron chi connectivity index (χ2n) is 7.58. The number of nitrogens with zero attached hydrogens (tertiary/aromatic N) is 2. The molecule has 148 valence electrons. The third-order valence-electron chi connectivity index (χ3n) is 5.46. The lowest BCUT2D eigenvalue weighted by molar-refractivity contribution is 0.371. The molecule has 4 heterocycles. The van der Waals surface area contributed by atoms with Gasteiger partial charge in [0, 0.05) is 17.5 Å². The number of halogens is 2. The molecule has 3 aliphatic heterocycles. The van der Waals surface area contributed by atoms with Crippen LogP contribution in [0.25, 0.3) is 34.2 Å². The topological polar surface area (TPSA) is 66.7 Å². The first-order valence-electron chi connectivity index (χ1n) is 9.71. The van der Waals surface area contributed by atoms with Gasteiger partial charge in [-0.25, -0.2) is 14.4 Å². The van der Waals surface area contributed by atoms with Crippen molar-refractivity contribution in [1.82, 2.24) is 20.3 Å². The molecule has 0 radical (unpaired) electrons. The fraction of sp³-hybridized carbons (Fsp3) is 0.273. The van der Waals surface area contributed by atoms with E-state index in [9.17, 15) is 4.39 Å².